The van der Waals surface area contributed by atoms with E-state index in [4.69, 9.17) is 38.9 Å². The van der Waals surface area contributed by atoms with Gasteiger partial charge in [-0.15, -0.1) is 0 Å². The number of pyridine rings is 1. The van der Waals surface area contributed by atoms with Crippen LogP contribution in [0.15, 0.2) is 40.9 Å². The Balaban J connectivity index is 0.000000448. The maximum atomic E-state index is 10.6. The number of nitrogens with zero attached hydrogens (tertiary/aromatic N) is 3. The van der Waals surface area contributed by atoms with Crippen LogP contribution in [-0.2, 0) is 32.2 Å². The fraction of sp³-hybridized carbons (Fsp3) is 0.571. The van der Waals surface area contributed by atoms with Crippen molar-refractivity contribution in [2.45, 2.75) is 63.8 Å². The van der Waals surface area contributed by atoms with Crippen molar-refractivity contribution in [3.05, 3.63) is 53.7 Å². The van der Waals surface area contributed by atoms with Gasteiger partial charge in [0.05, 0.1) is 18.8 Å². The summed E-state index contributed by atoms with van der Waals surface area (Å²) in [5, 5.41) is 21.4. The number of aliphatic carboxylic acids is 3. The molecule has 2 aromatic rings. The van der Waals surface area contributed by atoms with Crippen molar-refractivity contribution >= 4 is 17.9 Å². The van der Waals surface area contributed by atoms with E-state index in [0.29, 0.717) is 11.5 Å². The van der Waals surface area contributed by atoms with Crippen molar-refractivity contribution in [1.29, 1.82) is 0 Å². The van der Waals surface area contributed by atoms with Gasteiger partial charge in [-0.25, -0.2) is 14.4 Å². The largest absolute Gasteiger partial charge is 0.490 e. The second kappa shape index (κ2) is 18.0. The van der Waals surface area contributed by atoms with Crippen LogP contribution in [0.5, 0.6) is 0 Å². The Hall–Kier alpha value is -3.91. The molecule has 4 heterocycles. The minimum Gasteiger partial charge on any atom is -0.475 e. The quantitative estimate of drug-likeness (QED) is 0.331. The lowest BCUT2D eigenvalue weighted by Gasteiger charge is -2.39. The number of methoxy groups -OCH3 is 1. The molecule has 1 spiro atoms. The van der Waals surface area contributed by atoms with Crippen LogP contribution >= 0.6 is 0 Å². The van der Waals surface area contributed by atoms with Crippen LogP contribution < -0.4 is 0 Å². The Labute approximate surface area is 267 Å². The molecular formula is C28H34F9N3O8. The predicted molar refractivity (Wildman–Crippen MR) is 146 cm³/mol. The van der Waals surface area contributed by atoms with E-state index in [1.165, 1.54) is 19.3 Å². The minimum absolute atomic E-state index is 0.424. The molecule has 0 saturated carbocycles. The average Bonchev–Trinajstić information content (AvgIpc) is 3.52. The summed E-state index contributed by atoms with van der Waals surface area (Å²) in [7, 11) is 1.82. The number of hydrogen-bond donors (Lipinski definition) is 3. The third-order valence-electron chi connectivity index (χ3n) is 6.99. The summed E-state index contributed by atoms with van der Waals surface area (Å²) < 4.78 is 107. The number of alkyl halides is 9. The van der Waals surface area contributed by atoms with Crippen molar-refractivity contribution in [3.8, 4) is 0 Å². The molecule has 0 radical (unpaired) electrons. The topological polar surface area (TPSA) is 154 Å². The van der Waals surface area contributed by atoms with Crippen LogP contribution in [0.3, 0.4) is 0 Å². The number of carboxylic acid groups (broad SMARTS) is 3. The van der Waals surface area contributed by atoms with E-state index in [1.54, 1.807) is 0 Å². The van der Waals surface area contributed by atoms with Crippen molar-refractivity contribution < 1.29 is 78.4 Å². The number of ether oxygens (including phenoxy) is 1. The lowest BCUT2D eigenvalue weighted by atomic mass is 9.76. The molecule has 0 aliphatic carbocycles. The van der Waals surface area contributed by atoms with Crippen molar-refractivity contribution in [1.82, 2.24) is 14.8 Å². The molecule has 2 aliphatic heterocycles. The summed E-state index contributed by atoms with van der Waals surface area (Å²) in [5.41, 5.74) is 1.58. The molecule has 2 aromatic heterocycles. The van der Waals surface area contributed by atoms with Gasteiger partial charge >= 0.3 is 36.4 Å². The fourth-order valence-corrected chi connectivity index (χ4v) is 4.83. The van der Waals surface area contributed by atoms with Gasteiger partial charge in [-0.3, -0.25) is 14.8 Å². The van der Waals surface area contributed by atoms with E-state index in [-0.39, 0.29) is 0 Å². The second-order valence-corrected chi connectivity index (χ2v) is 10.7. The first kappa shape index (κ1) is 42.1. The molecule has 2 aliphatic rings. The first-order valence-electron chi connectivity index (χ1n) is 13.8. The molecule has 4 rings (SSSR count). The van der Waals surface area contributed by atoms with Crippen molar-refractivity contribution in [3.63, 3.8) is 0 Å². The Bertz CT molecular complexity index is 1240. The first-order chi connectivity index (χ1) is 22.0. The summed E-state index contributed by atoms with van der Waals surface area (Å²) in [4.78, 5) is 36.4. The molecule has 11 nitrogen and oxygen atoms in total. The van der Waals surface area contributed by atoms with Gasteiger partial charge in [0.15, 0.2) is 0 Å². The summed E-state index contributed by atoms with van der Waals surface area (Å²) in [6, 6.07) is 10.9. The predicted octanol–water partition coefficient (Wildman–Crippen LogP) is 5.39. The standard InChI is InChI=1S/C22H31N3O2.3C2HF3O2/c1-18-6-7-21(27-18)15-24-11-8-22(9-12-24)13-20(16-26-2)25(17-22)14-19-5-3-4-10-23-19;3*3-2(4,5)1(6)7/h3-7,10,20H,8-9,11-17H2,1-2H3;3*(H,6,7). The van der Waals surface area contributed by atoms with Crippen molar-refractivity contribution in [2.75, 3.05) is 33.4 Å². The van der Waals surface area contributed by atoms with E-state index in [1.807, 2.05) is 26.3 Å². The highest BCUT2D eigenvalue weighted by atomic mass is 19.4. The molecule has 2 fully saturated rings. The number of piperidine rings is 1. The third kappa shape index (κ3) is 15.3. The van der Waals surface area contributed by atoms with E-state index < -0.39 is 36.4 Å². The molecule has 0 bridgehead atoms. The number of aromatic nitrogens is 1. The third-order valence-corrected chi connectivity index (χ3v) is 6.99. The first-order valence-corrected chi connectivity index (χ1v) is 13.8. The smallest absolute Gasteiger partial charge is 0.475 e. The number of furan rings is 1. The number of hydrogen-bond acceptors (Lipinski definition) is 8. The molecule has 48 heavy (non-hydrogen) atoms. The Morgan fingerprint density at radius 3 is 1.75 bits per heavy atom. The van der Waals surface area contributed by atoms with Crippen LogP contribution in [0.25, 0.3) is 0 Å². The summed E-state index contributed by atoms with van der Waals surface area (Å²) >= 11 is 0. The second-order valence-electron chi connectivity index (χ2n) is 10.7. The normalized spacial score (nSPS) is 18.0. The van der Waals surface area contributed by atoms with E-state index in [2.05, 4.69) is 39.0 Å². The number of aryl methyl sites for hydroxylation is 1. The van der Waals surface area contributed by atoms with Gasteiger partial charge in [0, 0.05) is 32.4 Å². The fourth-order valence-electron chi connectivity index (χ4n) is 4.83. The minimum atomic E-state index is -5.08. The highest BCUT2D eigenvalue weighted by Crippen LogP contribution is 2.44. The van der Waals surface area contributed by atoms with Gasteiger partial charge in [0.1, 0.15) is 11.5 Å². The number of halogens is 9. The molecular weight excluding hydrogens is 677 g/mol. The van der Waals surface area contributed by atoms with E-state index in [9.17, 15) is 39.5 Å². The van der Waals surface area contributed by atoms with Gasteiger partial charge < -0.3 is 24.5 Å². The molecule has 3 N–H and O–H groups in total. The average molecular weight is 712 g/mol. The number of likely N-dealkylation sites (tertiary alicyclic amines) is 2. The van der Waals surface area contributed by atoms with Crippen LogP contribution in [0.2, 0.25) is 0 Å². The van der Waals surface area contributed by atoms with Crippen LogP contribution in [0.4, 0.5) is 39.5 Å². The lowest BCUT2D eigenvalue weighted by molar-refractivity contribution is -0.193. The molecule has 20 heteroatoms. The lowest BCUT2D eigenvalue weighted by Crippen LogP contribution is -2.41. The van der Waals surface area contributed by atoms with Gasteiger partial charge in [-0.2, -0.15) is 39.5 Å². The summed E-state index contributed by atoms with van der Waals surface area (Å²) in [6.45, 7) is 8.14. The van der Waals surface area contributed by atoms with Gasteiger partial charge in [0.2, 0.25) is 0 Å². The highest BCUT2D eigenvalue weighted by Gasteiger charge is 2.45. The van der Waals surface area contributed by atoms with Crippen molar-refractivity contribution in [2.24, 2.45) is 5.41 Å². The monoisotopic (exact) mass is 711 g/mol. The molecule has 1 unspecified atom stereocenters. The zero-order valence-corrected chi connectivity index (χ0v) is 25.5. The number of carboxylic acids is 3. The Morgan fingerprint density at radius 1 is 0.875 bits per heavy atom. The summed E-state index contributed by atoms with van der Waals surface area (Å²) in [6.07, 6.45) is -9.61. The van der Waals surface area contributed by atoms with Crippen LogP contribution in [-0.4, -0.2) is 106 Å². The van der Waals surface area contributed by atoms with E-state index in [0.717, 1.165) is 56.5 Å². The molecule has 0 amide bonds. The maximum absolute atomic E-state index is 10.6. The zero-order chi connectivity index (χ0) is 36.9. The number of rotatable bonds is 6. The van der Waals surface area contributed by atoms with Gasteiger partial charge in [-0.05, 0) is 69.0 Å². The molecule has 272 valence electrons. The van der Waals surface area contributed by atoms with Gasteiger partial charge in [-0.1, -0.05) is 6.07 Å². The highest BCUT2D eigenvalue weighted by molar-refractivity contribution is 5.73. The van der Waals surface area contributed by atoms with Crippen LogP contribution in [0.1, 0.15) is 36.5 Å². The Kier molecular flexibility index (Phi) is 15.8. The summed E-state index contributed by atoms with van der Waals surface area (Å²) in [5.74, 6) is -6.18. The zero-order valence-electron chi connectivity index (χ0n) is 25.5. The molecule has 1 atom stereocenters. The molecule has 2 saturated heterocycles. The molecule has 0 aromatic carbocycles. The van der Waals surface area contributed by atoms with Crippen LogP contribution in [0, 0.1) is 12.3 Å². The van der Waals surface area contributed by atoms with E-state index >= 15 is 0 Å². The maximum Gasteiger partial charge on any atom is 0.490 e. The van der Waals surface area contributed by atoms with Gasteiger partial charge in [0.25, 0.3) is 0 Å². The number of carbonyl (C=O) groups is 3. The SMILES string of the molecule is COCC1CC2(CCN(Cc3ccc(C)o3)CC2)CN1Cc1ccccn1.O=C(O)C(F)(F)F.O=C(O)C(F)(F)F.O=C(O)C(F)(F)F. The Morgan fingerprint density at radius 2 is 1.38 bits per heavy atom.